The first-order chi connectivity index (χ1) is 10.5. The van der Waals surface area contributed by atoms with E-state index in [1.54, 1.807) is 0 Å². The van der Waals surface area contributed by atoms with Crippen LogP contribution in [0.4, 0.5) is 5.69 Å². The highest BCUT2D eigenvalue weighted by Gasteiger charge is 2.21. The number of rotatable bonds is 7. The summed E-state index contributed by atoms with van der Waals surface area (Å²) in [5, 5.41) is 3.52. The second-order valence-electron chi connectivity index (χ2n) is 7.28. The van der Waals surface area contributed by atoms with Gasteiger partial charge in [0.2, 0.25) is 0 Å². The standard InChI is InChI=1S/C20H31NO/c1-15-7-6-9-18(13-15)14-19(22)12-11-17(3)21-20-10-5-4-8-16(20)2/h4-5,8,10,15,17-18,21H,6-7,9,11-14H2,1-3H3. The van der Waals surface area contributed by atoms with Gasteiger partial charge in [0.05, 0.1) is 0 Å². The average Bonchev–Trinajstić information content (AvgIpc) is 2.48. The van der Waals surface area contributed by atoms with E-state index in [2.05, 4.69) is 50.4 Å². The van der Waals surface area contributed by atoms with E-state index in [4.69, 9.17) is 0 Å². The minimum atomic E-state index is 0.343. The zero-order valence-electron chi connectivity index (χ0n) is 14.4. The third-order valence-electron chi connectivity index (χ3n) is 4.96. The van der Waals surface area contributed by atoms with E-state index >= 15 is 0 Å². The summed E-state index contributed by atoms with van der Waals surface area (Å²) >= 11 is 0. The molecular formula is C20H31NO. The van der Waals surface area contributed by atoms with Gasteiger partial charge in [-0.25, -0.2) is 0 Å². The molecule has 0 aliphatic heterocycles. The molecule has 2 rings (SSSR count). The van der Waals surface area contributed by atoms with Crippen molar-refractivity contribution < 1.29 is 4.79 Å². The SMILES string of the molecule is Cc1ccccc1NC(C)CCC(=O)CC1CCCC(C)C1. The van der Waals surface area contributed by atoms with Gasteiger partial charge in [-0.1, -0.05) is 44.4 Å². The highest BCUT2D eigenvalue weighted by atomic mass is 16.1. The van der Waals surface area contributed by atoms with Crippen LogP contribution in [0.3, 0.4) is 0 Å². The minimum Gasteiger partial charge on any atom is -0.382 e. The lowest BCUT2D eigenvalue weighted by Gasteiger charge is -2.26. The number of aryl methyl sites for hydroxylation is 1. The topological polar surface area (TPSA) is 29.1 Å². The smallest absolute Gasteiger partial charge is 0.133 e. The molecule has 1 aliphatic rings. The summed E-state index contributed by atoms with van der Waals surface area (Å²) in [5.41, 5.74) is 2.44. The van der Waals surface area contributed by atoms with Crippen molar-refractivity contribution in [3.8, 4) is 0 Å². The fourth-order valence-corrected chi connectivity index (χ4v) is 3.62. The molecule has 1 aromatic rings. The molecule has 1 N–H and O–H groups in total. The molecule has 3 unspecified atom stereocenters. The van der Waals surface area contributed by atoms with Gasteiger partial charge in [-0.05, 0) is 50.2 Å². The Balaban J connectivity index is 1.70. The number of hydrogen-bond acceptors (Lipinski definition) is 2. The summed E-state index contributed by atoms with van der Waals surface area (Å²) in [5.74, 6) is 1.92. The Morgan fingerprint density at radius 3 is 2.82 bits per heavy atom. The first kappa shape index (κ1) is 17.1. The Hall–Kier alpha value is -1.31. The molecule has 1 fully saturated rings. The maximum absolute atomic E-state index is 12.2. The van der Waals surface area contributed by atoms with Crippen LogP contribution in [0.25, 0.3) is 0 Å². The van der Waals surface area contributed by atoms with Gasteiger partial charge in [0.25, 0.3) is 0 Å². The second kappa shape index (κ2) is 8.36. The van der Waals surface area contributed by atoms with Crippen LogP contribution in [0.1, 0.15) is 64.4 Å². The Labute approximate surface area is 135 Å². The van der Waals surface area contributed by atoms with Crippen molar-refractivity contribution in [1.82, 2.24) is 0 Å². The van der Waals surface area contributed by atoms with E-state index in [0.29, 0.717) is 24.2 Å². The number of hydrogen-bond donors (Lipinski definition) is 1. The summed E-state index contributed by atoms with van der Waals surface area (Å²) < 4.78 is 0. The van der Waals surface area contributed by atoms with Gasteiger partial charge >= 0.3 is 0 Å². The predicted octanol–water partition coefficient (Wildman–Crippen LogP) is 5.36. The lowest BCUT2D eigenvalue weighted by atomic mass is 9.79. The van der Waals surface area contributed by atoms with Crippen LogP contribution in [0, 0.1) is 18.8 Å². The van der Waals surface area contributed by atoms with Gasteiger partial charge in [-0.15, -0.1) is 0 Å². The molecule has 0 saturated heterocycles. The summed E-state index contributed by atoms with van der Waals surface area (Å²) in [6.45, 7) is 6.61. The van der Waals surface area contributed by atoms with E-state index in [0.717, 1.165) is 18.8 Å². The van der Waals surface area contributed by atoms with Gasteiger partial charge in [0.15, 0.2) is 0 Å². The van der Waals surface area contributed by atoms with Crippen LogP contribution in [-0.2, 0) is 4.79 Å². The van der Waals surface area contributed by atoms with Crippen molar-refractivity contribution in [2.45, 2.75) is 71.8 Å². The summed E-state index contributed by atoms with van der Waals surface area (Å²) in [4.78, 5) is 12.2. The molecule has 122 valence electrons. The van der Waals surface area contributed by atoms with Crippen LogP contribution < -0.4 is 5.32 Å². The Kier molecular flexibility index (Phi) is 6.48. The molecule has 1 aliphatic carbocycles. The van der Waals surface area contributed by atoms with Crippen LogP contribution in [0.2, 0.25) is 0 Å². The number of nitrogens with one attached hydrogen (secondary N) is 1. The maximum Gasteiger partial charge on any atom is 0.133 e. The zero-order valence-corrected chi connectivity index (χ0v) is 14.4. The fraction of sp³-hybridized carbons (Fsp3) is 0.650. The number of carbonyl (C=O) groups is 1. The quantitative estimate of drug-likeness (QED) is 0.734. The number of anilines is 1. The Morgan fingerprint density at radius 1 is 1.32 bits per heavy atom. The highest BCUT2D eigenvalue weighted by molar-refractivity contribution is 5.78. The number of ketones is 1. The lowest BCUT2D eigenvalue weighted by molar-refractivity contribution is -0.120. The maximum atomic E-state index is 12.2. The normalized spacial score (nSPS) is 23.0. The van der Waals surface area contributed by atoms with Gasteiger partial charge in [0.1, 0.15) is 5.78 Å². The third kappa shape index (κ3) is 5.47. The van der Waals surface area contributed by atoms with E-state index in [9.17, 15) is 4.79 Å². The molecule has 0 radical (unpaired) electrons. The first-order valence-electron chi connectivity index (χ1n) is 8.88. The van der Waals surface area contributed by atoms with E-state index in [1.807, 2.05) is 0 Å². The van der Waals surface area contributed by atoms with E-state index in [-0.39, 0.29) is 0 Å². The van der Waals surface area contributed by atoms with Gasteiger partial charge in [-0.3, -0.25) is 4.79 Å². The van der Waals surface area contributed by atoms with Gasteiger partial charge in [-0.2, -0.15) is 0 Å². The first-order valence-corrected chi connectivity index (χ1v) is 8.88. The van der Waals surface area contributed by atoms with Crippen molar-refractivity contribution in [2.24, 2.45) is 11.8 Å². The summed E-state index contributed by atoms with van der Waals surface area (Å²) in [6.07, 6.45) is 7.62. The van der Waals surface area contributed by atoms with Gasteiger partial charge in [0, 0.05) is 24.6 Å². The summed E-state index contributed by atoms with van der Waals surface area (Å²) in [6, 6.07) is 8.68. The molecule has 2 heteroatoms. The van der Waals surface area contributed by atoms with Crippen molar-refractivity contribution in [1.29, 1.82) is 0 Å². The second-order valence-corrected chi connectivity index (χ2v) is 7.28. The molecule has 2 nitrogen and oxygen atoms in total. The minimum absolute atomic E-state index is 0.343. The molecule has 22 heavy (non-hydrogen) atoms. The van der Waals surface area contributed by atoms with Crippen LogP contribution in [0.5, 0.6) is 0 Å². The molecule has 3 atom stereocenters. The van der Waals surface area contributed by atoms with Crippen LogP contribution >= 0.6 is 0 Å². The average molecular weight is 301 g/mol. The number of Topliss-reactive ketones (excluding diaryl/α,β-unsaturated/α-hetero) is 1. The molecular weight excluding hydrogens is 270 g/mol. The molecule has 0 bridgehead atoms. The lowest BCUT2D eigenvalue weighted by Crippen LogP contribution is -2.20. The summed E-state index contributed by atoms with van der Waals surface area (Å²) in [7, 11) is 0. The van der Waals surface area contributed by atoms with Crippen molar-refractivity contribution in [2.75, 3.05) is 5.32 Å². The van der Waals surface area contributed by atoms with E-state index < -0.39 is 0 Å². The van der Waals surface area contributed by atoms with E-state index in [1.165, 1.54) is 36.9 Å². The number of benzene rings is 1. The van der Waals surface area contributed by atoms with Crippen molar-refractivity contribution in [3.05, 3.63) is 29.8 Å². The monoisotopic (exact) mass is 301 g/mol. The molecule has 0 aromatic heterocycles. The third-order valence-corrected chi connectivity index (χ3v) is 4.96. The number of carbonyl (C=O) groups excluding carboxylic acids is 1. The Morgan fingerprint density at radius 2 is 2.09 bits per heavy atom. The Bertz CT molecular complexity index is 482. The predicted molar refractivity (Wildman–Crippen MR) is 94.2 cm³/mol. The largest absolute Gasteiger partial charge is 0.382 e. The molecule has 0 spiro atoms. The highest BCUT2D eigenvalue weighted by Crippen LogP contribution is 2.31. The van der Waals surface area contributed by atoms with Gasteiger partial charge < -0.3 is 5.32 Å². The van der Waals surface area contributed by atoms with Crippen LogP contribution in [0.15, 0.2) is 24.3 Å². The fourth-order valence-electron chi connectivity index (χ4n) is 3.62. The van der Waals surface area contributed by atoms with Crippen LogP contribution in [-0.4, -0.2) is 11.8 Å². The molecule has 0 heterocycles. The molecule has 1 aromatic carbocycles. The van der Waals surface area contributed by atoms with Crippen molar-refractivity contribution in [3.63, 3.8) is 0 Å². The zero-order chi connectivity index (χ0) is 15.9. The molecule has 1 saturated carbocycles. The number of para-hydroxylation sites is 1. The van der Waals surface area contributed by atoms with Crippen molar-refractivity contribution >= 4 is 11.5 Å². The molecule has 0 amide bonds.